The van der Waals surface area contributed by atoms with Gasteiger partial charge >= 0.3 is 11.9 Å². The molecule has 1 aromatic rings. The Bertz CT molecular complexity index is 430. The molecule has 0 unspecified atom stereocenters. The van der Waals surface area contributed by atoms with Crippen molar-refractivity contribution < 1.29 is 30.0 Å². The molecule has 0 amide bonds. The normalized spacial score (nSPS) is 10.6. The number of aromatic carboxylic acids is 1. The molecule has 0 aliphatic rings. The Morgan fingerprint density at radius 3 is 2.26 bits per heavy atom. The number of carboxylic acids is 2. The van der Waals surface area contributed by atoms with Crippen molar-refractivity contribution in [3.8, 4) is 0 Å². The lowest BCUT2D eigenvalue weighted by atomic mass is 10.1. The van der Waals surface area contributed by atoms with E-state index in [2.05, 4.69) is 4.99 Å². The molecule has 0 aliphatic heterocycles. The van der Waals surface area contributed by atoms with Crippen molar-refractivity contribution in [1.29, 1.82) is 0 Å². The maximum Gasteiger partial charge on any atom is 0.335 e. The SMILES string of the molecule is O=C(O)CCCN(Cc1ccc(C(=O)O)cc1)OO. The van der Waals surface area contributed by atoms with Crippen LogP contribution in [0.3, 0.4) is 0 Å². The van der Waals surface area contributed by atoms with Crippen LogP contribution in [-0.4, -0.2) is 39.0 Å². The first-order valence-corrected chi connectivity index (χ1v) is 5.63. The number of aliphatic carboxylic acids is 1. The summed E-state index contributed by atoms with van der Waals surface area (Å²) in [4.78, 5) is 25.2. The lowest BCUT2D eigenvalue weighted by Gasteiger charge is -2.16. The molecule has 0 aliphatic carbocycles. The summed E-state index contributed by atoms with van der Waals surface area (Å²) in [7, 11) is 0. The number of carbonyl (C=O) groups is 2. The molecule has 1 aromatic carbocycles. The van der Waals surface area contributed by atoms with Crippen molar-refractivity contribution in [2.24, 2.45) is 0 Å². The standard InChI is InChI=1S/C12H15NO6/c14-11(15)2-1-7-13(19-18)8-9-3-5-10(6-4-9)12(16)17/h3-6,18H,1-2,7-8H2,(H,14,15)(H,16,17). The largest absolute Gasteiger partial charge is 0.481 e. The van der Waals surface area contributed by atoms with E-state index in [1.807, 2.05) is 0 Å². The van der Waals surface area contributed by atoms with Crippen LogP contribution in [0.1, 0.15) is 28.8 Å². The zero-order chi connectivity index (χ0) is 14.3. The van der Waals surface area contributed by atoms with Gasteiger partial charge in [0.15, 0.2) is 0 Å². The molecule has 0 aromatic heterocycles. The maximum absolute atomic E-state index is 10.7. The Morgan fingerprint density at radius 2 is 1.79 bits per heavy atom. The van der Waals surface area contributed by atoms with E-state index in [0.717, 1.165) is 5.56 Å². The predicted octanol–water partition coefficient (Wildman–Crippen LogP) is 1.46. The van der Waals surface area contributed by atoms with Crippen LogP contribution in [0.25, 0.3) is 0 Å². The smallest absolute Gasteiger partial charge is 0.335 e. The Morgan fingerprint density at radius 1 is 1.16 bits per heavy atom. The van der Waals surface area contributed by atoms with E-state index >= 15 is 0 Å². The lowest BCUT2D eigenvalue weighted by molar-refractivity contribution is -0.400. The van der Waals surface area contributed by atoms with E-state index in [0.29, 0.717) is 6.42 Å². The van der Waals surface area contributed by atoms with Crippen LogP contribution in [0.5, 0.6) is 0 Å². The van der Waals surface area contributed by atoms with Crippen molar-refractivity contribution in [1.82, 2.24) is 5.06 Å². The summed E-state index contributed by atoms with van der Waals surface area (Å²) in [5, 5.41) is 27.1. The van der Waals surface area contributed by atoms with Gasteiger partial charge in [0.1, 0.15) is 0 Å². The maximum atomic E-state index is 10.7. The fourth-order valence-corrected chi connectivity index (χ4v) is 1.51. The molecule has 0 bridgehead atoms. The summed E-state index contributed by atoms with van der Waals surface area (Å²) in [6.45, 7) is 0.486. The van der Waals surface area contributed by atoms with Crippen LogP contribution < -0.4 is 0 Å². The Labute approximate surface area is 109 Å². The van der Waals surface area contributed by atoms with Crippen LogP contribution in [0, 0.1) is 0 Å². The third kappa shape index (κ3) is 5.47. The highest BCUT2D eigenvalue weighted by atomic mass is 17.2. The molecule has 0 atom stereocenters. The van der Waals surface area contributed by atoms with E-state index < -0.39 is 11.9 Å². The van der Waals surface area contributed by atoms with Crippen molar-refractivity contribution in [2.45, 2.75) is 19.4 Å². The summed E-state index contributed by atoms with van der Waals surface area (Å²) in [6.07, 6.45) is 0.320. The average molecular weight is 269 g/mol. The topological polar surface area (TPSA) is 107 Å². The third-order valence-corrected chi connectivity index (χ3v) is 2.47. The van der Waals surface area contributed by atoms with Crippen molar-refractivity contribution in [3.63, 3.8) is 0 Å². The first-order valence-electron chi connectivity index (χ1n) is 5.63. The van der Waals surface area contributed by atoms with Gasteiger partial charge in [0.05, 0.1) is 12.1 Å². The third-order valence-electron chi connectivity index (χ3n) is 2.47. The van der Waals surface area contributed by atoms with E-state index in [9.17, 15) is 9.59 Å². The second-order valence-corrected chi connectivity index (χ2v) is 3.94. The van der Waals surface area contributed by atoms with Gasteiger partial charge in [-0.1, -0.05) is 12.1 Å². The minimum atomic E-state index is -1.01. The molecule has 0 fully saturated rings. The zero-order valence-corrected chi connectivity index (χ0v) is 10.2. The minimum absolute atomic E-state index is 0.0161. The summed E-state index contributed by atoms with van der Waals surface area (Å²) in [5.41, 5.74) is 0.917. The highest BCUT2D eigenvalue weighted by Gasteiger charge is 2.09. The lowest BCUT2D eigenvalue weighted by Crippen LogP contribution is -2.24. The van der Waals surface area contributed by atoms with E-state index in [1.165, 1.54) is 17.2 Å². The first kappa shape index (κ1) is 15.1. The number of benzene rings is 1. The van der Waals surface area contributed by atoms with Crippen molar-refractivity contribution in [2.75, 3.05) is 6.54 Å². The van der Waals surface area contributed by atoms with Gasteiger partial charge in [-0.15, -0.1) is 4.99 Å². The number of hydrogen-bond donors (Lipinski definition) is 3. The van der Waals surface area contributed by atoms with Crippen LogP contribution in [0.4, 0.5) is 0 Å². The van der Waals surface area contributed by atoms with Gasteiger partial charge in [-0.2, -0.15) is 5.06 Å². The Hall–Kier alpha value is -1.96. The molecule has 0 saturated carbocycles. The number of nitrogens with zero attached hydrogens (tertiary/aromatic N) is 1. The van der Waals surface area contributed by atoms with Gasteiger partial charge in [0.25, 0.3) is 0 Å². The highest BCUT2D eigenvalue weighted by Crippen LogP contribution is 2.08. The average Bonchev–Trinajstić information content (AvgIpc) is 2.37. The summed E-state index contributed by atoms with van der Waals surface area (Å²) in [5.74, 6) is -1.92. The van der Waals surface area contributed by atoms with Crippen LogP contribution in [0.2, 0.25) is 0 Å². The number of hydroxylamine groups is 2. The molecule has 0 saturated heterocycles. The molecule has 0 heterocycles. The van der Waals surface area contributed by atoms with Crippen molar-refractivity contribution >= 4 is 11.9 Å². The monoisotopic (exact) mass is 269 g/mol. The molecule has 7 nitrogen and oxygen atoms in total. The minimum Gasteiger partial charge on any atom is -0.481 e. The fourth-order valence-electron chi connectivity index (χ4n) is 1.51. The van der Waals surface area contributed by atoms with Crippen LogP contribution in [0.15, 0.2) is 24.3 Å². The van der Waals surface area contributed by atoms with Gasteiger partial charge in [-0.25, -0.2) is 10.1 Å². The number of rotatable bonds is 8. The molecule has 3 N–H and O–H groups in total. The molecule has 19 heavy (non-hydrogen) atoms. The molecular formula is C12H15NO6. The summed E-state index contributed by atoms with van der Waals surface area (Å²) in [6, 6.07) is 6.11. The quantitative estimate of drug-likeness (QED) is 0.484. The van der Waals surface area contributed by atoms with Gasteiger partial charge in [-0.3, -0.25) is 4.79 Å². The molecule has 104 valence electrons. The summed E-state index contributed by atoms with van der Waals surface area (Å²) < 4.78 is 0. The predicted molar refractivity (Wildman–Crippen MR) is 64.4 cm³/mol. The van der Waals surface area contributed by atoms with E-state index in [1.54, 1.807) is 12.1 Å². The van der Waals surface area contributed by atoms with Crippen LogP contribution in [-0.2, 0) is 16.3 Å². The number of carboxylic acid groups (broad SMARTS) is 2. The van der Waals surface area contributed by atoms with Crippen molar-refractivity contribution in [3.05, 3.63) is 35.4 Å². The summed E-state index contributed by atoms with van der Waals surface area (Å²) >= 11 is 0. The second kappa shape index (κ2) is 7.47. The Balaban J connectivity index is 2.50. The Kier molecular flexibility index (Phi) is 5.94. The number of hydrogen-bond acceptors (Lipinski definition) is 5. The first-order chi connectivity index (χ1) is 9.02. The van der Waals surface area contributed by atoms with Gasteiger partial charge in [0, 0.05) is 13.0 Å². The molecule has 1 rings (SSSR count). The second-order valence-electron chi connectivity index (χ2n) is 3.94. The zero-order valence-electron chi connectivity index (χ0n) is 10.2. The van der Waals surface area contributed by atoms with Gasteiger partial charge < -0.3 is 10.2 Å². The van der Waals surface area contributed by atoms with Crippen LogP contribution >= 0.6 is 0 Å². The van der Waals surface area contributed by atoms with Gasteiger partial charge in [0.2, 0.25) is 0 Å². The molecular weight excluding hydrogens is 254 g/mol. The molecule has 7 heteroatoms. The molecule has 0 radical (unpaired) electrons. The molecule has 0 spiro atoms. The van der Waals surface area contributed by atoms with E-state index in [4.69, 9.17) is 15.5 Å². The van der Waals surface area contributed by atoms with E-state index in [-0.39, 0.29) is 25.1 Å². The highest BCUT2D eigenvalue weighted by molar-refractivity contribution is 5.87. The fraction of sp³-hybridized carbons (Fsp3) is 0.333. The van der Waals surface area contributed by atoms with Gasteiger partial charge in [-0.05, 0) is 24.1 Å².